The van der Waals surface area contributed by atoms with Crippen molar-refractivity contribution in [3.63, 3.8) is 0 Å². The molecular weight excluding hydrogens is 318 g/mol. The number of anilines is 1. The second-order valence-electron chi connectivity index (χ2n) is 6.75. The number of carbonyl (C=O) groups is 1. The van der Waals surface area contributed by atoms with Crippen molar-refractivity contribution in [2.24, 2.45) is 5.92 Å². The summed E-state index contributed by atoms with van der Waals surface area (Å²) in [6, 6.07) is 5.73. The first-order valence-corrected chi connectivity index (χ1v) is 8.67. The quantitative estimate of drug-likeness (QED) is 0.890. The Morgan fingerprint density at radius 1 is 1.20 bits per heavy atom. The highest BCUT2D eigenvalue weighted by Crippen LogP contribution is 2.36. The number of hydrogen-bond donors (Lipinski definition) is 2. The minimum absolute atomic E-state index is 0.261. The van der Waals surface area contributed by atoms with Gasteiger partial charge in [0.15, 0.2) is 5.82 Å². The minimum Gasteiger partial charge on any atom is -0.441 e. The molecule has 2 aromatic rings. The number of carbonyl (C=O) groups excluding carboxylic acids is 1. The van der Waals surface area contributed by atoms with Crippen LogP contribution < -0.4 is 10.6 Å². The third kappa shape index (κ3) is 3.55. The number of pyridine rings is 1. The van der Waals surface area contributed by atoms with Crippen LogP contribution in [-0.4, -0.2) is 39.7 Å². The molecule has 0 atom stereocenters. The first-order valence-electron chi connectivity index (χ1n) is 8.67. The molecule has 2 aliphatic rings. The van der Waals surface area contributed by atoms with Gasteiger partial charge < -0.3 is 15.4 Å². The standard InChI is InChI=1S/C18H21N5O2/c24-17-23-12-18(25-17)6-4-13(5-7-18)10-21-15-3-2-14(11-22-15)16-19-8-1-9-20-16/h1-3,8-9,11,13H,4-7,10,12H2,(H,21,22)(H,23,24). The van der Waals surface area contributed by atoms with Crippen molar-refractivity contribution in [3.05, 3.63) is 36.8 Å². The maximum absolute atomic E-state index is 11.3. The Morgan fingerprint density at radius 2 is 2.00 bits per heavy atom. The Bertz CT molecular complexity index is 727. The highest BCUT2D eigenvalue weighted by Gasteiger charge is 2.43. The molecule has 25 heavy (non-hydrogen) atoms. The summed E-state index contributed by atoms with van der Waals surface area (Å²) in [6.07, 6.45) is 8.92. The molecule has 1 aliphatic heterocycles. The van der Waals surface area contributed by atoms with Crippen LogP contribution in [0.5, 0.6) is 0 Å². The van der Waals surface area contributed by atoms with E-state index in [0.29, 0.717) is 18.3 Å². The summed E-state index contributed by atoms with van der Waals surface area (Å²) in [7, 11) is 0. The zero-order valence-electron chi connectivity index (χ0n) is 13.9. The van der Waals surface area contributed by atoms with Gasteiger partial charge in [0, 0.05) is 30.7 Å². The molecule has 7 nitrogen and oxygen atoms in total. The summed E-state index contributed by atoms with van der Waals surface area (Å²) in [5.41, 5.74) is 0.643. The molecule has 2 N–H and O–H groups in total. The van der Waals surface area contributed by atoms with Gasteiger partial charge in [0.25, 0.3) is 0 Å². The van der Waals surface area contributed by atoms with Crippen molar-refractivity contribution < 1.29 is 9.53 Å². The maximum Gasteiger partial charge on any atom is 0.407 e. The highest BCUT2D eigenvalue weighted by atomic mass is 16.6. The second kappa shape index (κ2) is 6.66. The molecule has 1 saturated heterocycles. The van der Waals surface area contributed by atoms with Gasteiger partial charge in [-0.2, -0.15) is 0 Å². The van der Waals surface area contributed by atoms with Crippen LogP contribution in [0.25, 0.3) is 11.4 Å². The van der Waals surface area contributed by atoms with E-state index in [0.717, 1.165) is 43.6 Å². The molecule has 2 aromatic heterocycles. The van der Waals surface area contributed by atoms with Crippen LogP contribution in [0.3, 0.4) is 0 Å². The monoisotopic (exact) mass is 339 g/mol. The van der Waals surface area contributed by atoms with Gasteiger partial charge in [-0.25, -0.2) is 19.7 Å². The molecule has 4 rings (SSSR count). The lowest BCUT2D eigenvalue weighted by Crippen LogP contribution is -2.38. The third-order valence-electron chi connectivity index (χ3n) is 5.04. The molecular formula is C18H21N5O2. The molecule has 0 bridgehead atoms. The smallest absolute Gasteiger partial charge is 0.407 e. The minimum atomic E-state index is -0.275. The van der Waals surface area contributed by atoms with E-state index >= 15 is 0 Å². The molecule has 1 amide bonds. The zero-order valence-corrected chi connectivity index (χ0v) is 13.9. The van der Waals surface area contributed by atoms with E-state index in [2.05, 4.69) is 25.6 Å². The van der Waals surface area contributed by atoms with E-state index in [1.807, 2.05) is 12.1 Å². The number of rotatable bonds is 4. The predicted molar refractivity (Wildman–Crippen MR) is 92.9 cm³/mol. The number of nitrogens with one attached hydrogen (secondary N) is 2. The van der Waals surface area contributed by atoms with Crippen LogP contribution >= 0.6 is 0 Å². The number of amides is 1. The Kier molecular flexibility index (Phi) is 4.21. The van der Waals surface area contributed by atoms with Crippen LogP contribution in [-0.2, 0) is 4.74 Å². The largest absolute Gasteiger partial charge is 0.441 e. The van der Waals surface area contributed by atoms with Gasteiger partial charge in [0.1, 0.15) is 11.4 Å². The van der Waals surface area contributed by atoms with Crippen LogP contribution in [0.15, 0.2) is 36.8 Å². The number of aromatic nitrogens is 3. The lowest BCUT2D eigenvalue weighted by Gasteiger charge is -2.34. The van der Waals surface area contributed by atoms with Gasteiger partial charge in [-0.1, -0.05) is 0 Å². The van der Waals surface area contributed by atoms with Crippen molar-refractivity contribution in [2.45, 2.75) is 31.3 Å². The fraction of sp³-hybridized carbons (Fsp3) is 0.444. The second-order valence-corrected chi connectivity index (χ2v) is 6.75. The lowest BCUT2D eigenvalue weighted by molar-refractivity contribution is 0.0148. The van der Waals surface area contributed by atoms with Crippen molar-refractivity contribution in [2.75, 3.05) is 18.4 Å². The van der Waals surface area contributed by atoms with Crippen molar-refractivity contribution in [1.29, 1.82) is 0 Å². The molecule has 130 valence electrons. The number of hydrogen-bond acceptors (Lipinski definition) is 6. The Labute approximate surface area is 146 Å². The number of ether oxygens (including phenoxy) is 1. The van der Waals surface area contributed by atoms with Gasteiger partial charge in [-0.05, 0) is 49.8 Å². The molecule has 1 spiro atoms. The first kappa shape index (κ1) is 15.8. The first-order chi connectivity index (χ1) is 12.2. The predicted octanol–water partition coefficient (Wildman–Crippen LogP) is 2.62. The van der Waals surface area contributed by atoms with Crippen molar-refractivity contribution in [3.8, 4) is 11.4 Å². The Hall–Kier alpha value is -2.70. The SMILES string of the molecule is O=C1NCC2(CCC(CNc3ccc(-c4ncccn4)cn3)CC2)O1. The summed E-state index contributed by atoms with van der Waals surface area (Å²) in [4.78, 5) is 24.2. The fourth-order valence-corrected chi connectivity index (χ4v) is 3.52. The molecule has 1 saturated carbocycles. The van der Waals surface area contributed by atoms with Crippen molar-refractivity contribution >= 4 is 11.9 Å². The maximum atomic E-state index is 11.3. The molecule has 0 unspecified atom stereocenters. The molecule has 0 aromatic carbocycles. The summed E-state index contributed by atoms with van der Waals surface area (Å²) in [6.45, 7) is 1.53. The topological polar surface area (TPSA) is 89.0 Å². The molecule has 0 radical (unpaired) electrons. The fourth-order valence-electron chi connectivity index (χ4n) is 3.52. The number of nitrogens with zero attached hydrogens (tertiary/aromatic N) is 3. The van der Waals surface area contributed by atoms with Gasteiger partial charge in [0.05, 0.1) is 6.54 Å². The molecule has 1 aliphatic carbocycles. The van der Waals surface area contributed by atoms with E-state index in [-0.39, 0.29) is 11.7 Å². The summed E-state index contributed by atoms with van der Waals surface area (Å²) >= 11 is 0. The highest BCUT2D eigenvalue weighted by molar-refractivity contribution is 5.70. The van der Waals surface area contributed by atoms with Crippen LogP contribution in [0.1, 0.15) is 25.7 Å². The Balaban J connectivity index is 1.28. The van der Waals surface area contributed by atoms with Crippen LogP contribution in [0, 0.1) is 5.92 Å². The van der Waals surface area contributed by atoms with Gasteiger partial charge >= 0.3 is 6.09 Å². The van der Waals surface area contributed by atoms with Crippen molar-refractivity contribution in [1.82, 2.24) is 20.3 Å². The lowest BCUT2D eigenvalue weighted by atomic mass is 9.79. The summed E-state index contributed by atoms with van der Waals surface area (Å²) in [5, 5.41) is 6.18. The molecule has 3 heterocycles. The zero-order chi connectivity index (χ0) is 17.1. The number of alkyl carbamates (subject to hydrolysis) is 1. The average molecular weight is 339 g/mol. The van der Waals surface area contributed by atoms with E-state index < -0.39 is 0 Å². The van der Waals surface area contributed by atoms with E-state index in [1.54, 1.807) is 24.7 Å². The summed E-state index contributed by atoms with van der Waals surface area (Å²) < 4.78 is 5.46. The van der Waals surface area contributed by atoms with Gasteiger partial charge in [-0.3, -0.25) is 0 Å². The average Bonchev–Trinajstić information content (AvgIpc) is 3.03. The van der Waals surface area contributed by atoms with Crippen LogP contribution in [0.2, 0.25) is 0 Å². The van der Waals surface area contributed by atoms with Gasteiger partial charge in [0.2, 0.25) is 0 Å². The van der Waals surface area contributed by atoms with Crippen LogP contribution in [0.4, 0.5) is 10.6 Å². The van der Waals surface area contributed by atoms with E-state index in [1.165, 1.54) is 0 Å². The van der Waals surface area contributed by atoms with E-state index in [4.69, 9.17) is 4.74 Å². The Morgan fingerprint density at radius 3 is 2.64 bits per heavy atom. The third-order valence-corrected chi connectivity index (χ3v) is 5.04. The summed E-state index contributed by atoms with van der Waals surface area (Å²) in [5.74, 6) is 2.11. The molecule has 7 heteroatoms. The van der Waals surface area contributed by atoms with Gasteiger partial charge in [-0.15, -0.1) is 0 Å². The van der Waals surface area contributed by atoms with E-state index in [9.17, 15) is 4.79 Å². The molecule has 2 fully saturated rings. The normalized spacial score (nSPS) is 25.4.